The summed E-state index contributed by atoms with van der Waals surface area (Å²) < 4.78 is 0. The van der Waals surface area contributed by atoms with E-state index in [-0.39, 0.29) is 5.56 Å². The average molecular weight is 220 g/mol. The third-order valence-electron chi connectivity index (χ3n) is 3.17. The van der Waals surface area contributed by atoms with Gasteiger partial charge in [0.05, 0.1) is 16.9 Å². The number of hydrogen-bond acceptors (Lipinski definition) is 3. The number of fused-ring (bicyclic) bond motifs is 1. The topological polar surface area (TPSA) is 76.2 Å². The first-order valence-electron chi connectivity index (χ1n) is 5.62. The van der Waals surface area contributed by atoms with Crippen molar-refractivity contribution in [3.63, 3.8) is 0 Å². The highest BCUT2D eigenvalue weighted by atomic mass is 16.4. The highest BCUT2D eigenvalue weighted by Crippen LogP contribution is 2.28. The predicted octanol–water partition coefficient (Wildman–Crippen LogP) is 1.94. The van der Waals surface area contributed by atoms with Gasteiger partial charge in [-0.2, -0.15) is 0 Å². The summed E-state index contributed by atoms with van der Waals surface area (Å²) in [7, 11) is 0. The lowest BCUT2D eigenvalue weighted by molar-refractivity contribution is 0.0696. The van der Waals surface area contributed by atoms with E-state index in [4.69, 9.17) is 5.73 Å². The fraction of sp³-hybridized carbons (Fsp3) is 0.500. The van der Waals surface area contributed by atoms with Gasteiger partial charge in [0.1, 0.15) is 0 Å². The van der Waals surface area contributed by atoms with E-state index < -0.39 is 5.97 Å². The normalized spacial score (nSPS) is 15.3. The number of pyridine rings is 1. The molecule has 0 amide bonds. The van der Waals surface area contributed by atoms with E-state index in [1.165, 1.54) is 0 Å². The van der Waals surface area contributed by atoms with E-state index in [1.54, 1.807) is 6.92 Å². The number of aromatic nitrogens is 1. The van der Waals surface area contributed by atoms with Gasteiger partial charge in [-0.15, -0.1) is 0 Å². The molecule has 1 aromatic heterocycles. The molecule has 1 aromatic rings. The van der Waals surface area contributed by atoms with Crippen LogP contribution in [0.4, 0.5) is 5.69 Å². The summed E-state index contributed by atoms with van der Waals surface area (Å²) >= 11 is 0. The largest absolute Gasteiger partial charge is 0.478 e. The van der Waals surface area contributed by atoms with Gasteiger partial charge in [-0.1, -0.05) is 6.42 Å². The predicted molar refractivity (Wildman–Crippen MR) is 61.6 cm³/mol. The number of aryl methyl sites for hydroxylation is 2. The number of rotatable bonds is 1. The first kappa shape index (κ1) is 10.9. The van der Waals surface area contributed by atoms with Crippen LogP contribution in [0.25, 0.3) is 0 Å². The molecule has 1 aliphatic rings. The molecule has 86 valence electrons. The van der Waals surface area contributed by atoms with E-state index in [0.717, 1.165) is 43.4 Å². The molecule has 16 heavy (non-hydrogen) atoms. The minimum Gasteiger partial charge on any atom is -0.478 e. The number of nitrogen functional groups attached to an aromatic ring is 1. The molecule has 0 saturated carbocycles. The summed E-state index contributed by atoms with van der Waals surface area (Å²) in [5, 5.41) is 9.23. The Morgan fingerprint density at radius 1 is 1.31 bits per heavy atom. The maximum atomic E-state index is 11.3. The van der Waals surface area contributed by atoms with Crippen LogP contribution >= 0.6 is 0 Å². The maximum Gasteiger partial charge on any atom is 0.338 e. The van der Waals surface area contributed by atoms with E-state index in [2.05, 4.69) is 4.98 Å². The molecule has 2 rings (SSSR count). The zero-order valence-electron chi connectivity index (χ0n) is 9.42. The van der Waals surface area contributed by atoms with Crippen molar-refractivity contribution in [2.45, 2.75) is 39.0 Å². The number of aromatic carboxylic acids is 1. The van der Waals surface area contributed by atoms with Crippen LogP contribution in [0, 0.1) is 6.92 Å². The molecule has 0 aliphatic heterocycles. The molecule has 0 bridgehead atoms. The maximum absolute atomic E-state index is 11.3. The third-order valence-corrected chi connectivity index (χ3v) is 3.17. The summed E-state index contributed by atoms with van der Waals surface area (Å²) in [6.45, 7) is 1.77. The molecule has 4 heteroatoms. The number of carbonyl (C=O) groups is 1. The summed E-state index contributed by atoms with van der Waals surface area (Å²) in [4.78, 5) is 15.7. The lowest BCUT2D eigenvalue weighted by atomic mass is 9.99. The zero-order chi connectivity index (χ0) is 11.7. The lowest BCUT2D eigenvalue weighted by Crippen LogP contribution is -2.13. The zero-order valence-corrected chi connectivity index (χ0v) is 9.42. The molecule has 0 unspecified atom stereocenters. The minimum absolute atomic E-state index is 0.282. The highest BCUT2D eigenvalue weighted by molar-refractivity contribution is 5.96. The van der Waals surface area contributed by atoms with Crippen LogP contribution in [0.15, 0.2) is 0 Å². The molecule has 0 atom stereocenters. The number of hydrogen-bond donors (Lipinski definition) is 2. The Hall–Kier alpha value is -1.58. The second-order valence-electron chi connectivity index (χ2n) is 4.28. The Labute approximate surface area is 94.5 Å². The fourth-order valence-corrected chi connectivity index (χ4v) is 2.31. The SMILES string of the molecule is Cc1nc2c(c(C(=O)O)c1N)CCCCC2. The van der Waals surface area contributed by atoms with Crippen molar-refractivity contribution >= 4 is 11.7 Å². The van der Waals surface area contributed by atoms with Gasteiger partial charge in [-0.25, -0.2) is 4.79 Å². The number of nitrogens with two attached hydrogens (primary N) is 1. The van der Waals surface area contributed by atoms with Crippen molar-refractivity contribution in [3.05, 3.63) is 22.5 Å². The summed E-state index contributed by atoms with van der Waals surface area (Å²) in [5.74, 6) is -0.929. The number of carboxylic acids is 1. The Balaban J connectivity index is 2.65. The minimum atomic E-state index is -0.929. The first-order valence-corrected chi connectivity index (χ1v) is 5.62. The molecule has 1 aliphatic carbocycles. The number of nitrogens with zero attached hydrogens (tertiary/aromatic N) is 1. The molecule has 0 spiro atoms. The van der Waals surface area contributed by atoms with Gasteiger partial charge in [0.25, 0.3) is 0 Å². The standard InChI is InChI=1S/C12H16N2O2/c1-7-11(13)10(12(15)16)8-5-3-2-4-6-9(8)14-7/h2-6,13H2,1H3,(H,15,16). The summed E-state index contributed by atoms with van der Waals surface area (Å²) in [5.41, 5.74) is 8.85. The van der Waals surface area contributed by atoms with E-state index in [0.29, 0.717) is 11.4 Å². The van der Waals surface area contributed by atoms with Crippen LogP contribution in [-0.4, -0.2) is 16.1 Å². The third kappa shape index (κ3) is 1.75. The van der Waals surface area contributed by atoms with Gasteiger partial charge in [0.2, 0.25) is 0 Å². The smallest absolute Gasteiger partial charge is 0.338 e. The van der Waals surface area contributed by atoms with Crippen LogP contribution < -0.4 is 5.73 Å². The van der Waals surface area contributed by atoms with E-state index in [9.17, 15) is 9.90 Å². The Bertz CT molecular complexity index is 441. The van der Waals surface area contributed by atoms with Gasteiger partial charge in [-0.05, 0) is 38.2 Å². The second kappa shape index (κ2) is 4.12. The molecule has 0 saturated heterocycles. The average Bonchev–Trinajstić information content (AvgIpc) is 2.44. The van der Waals surface area contributed by atoms with E-state index >= 15 is 0 Å². The molecule has 0 aromatic carbocycles. The molecule has 3 N–H and O–H groups in total. The van der Waals surface area contributed by atoms with Gasteiger partial charge in [-0.3, -0.25) is 4.98 Å². The lowest BCUT2D eigenvalue weighted by Gasteiger charge is -2.13. The summed E-state index contributed by atoms with van der Waals surface area (Å²) in [6.07, 6.45) is 4.90. The summed E-state index contributed by atoms with van der Waals surface area (Å²) in [6, 6.07) is 0. The fourth-order valence-electron chi connectivity index (χ4n) is 2.31. The Morgan fingerprint density at radius 3 is 2.69 bits per heavy atom. The molecule has 0 radical (unpaired) electrons. The van der Waals surface area contributed by atoms with Crippen LogP contribution in [0.1, 0.15) is 46.6 Å². The number of anilines is 1. The van der Waals surface area contributed by atoms with E-state index in [1.807, 2.05) is 0 Å². The van der Waals surface area contributed by atoms with Crippen molar-refractivity contribution in [2.75, 3.05) is 5.73 Å². The van der Waals surface area contributed by atoms with Crippen molar-refractivity contribution in [2.24, 2.45) is 0 Å². The molecule has 0 fully saturated rings. The Morgan fingerprint density at radius 2 is 2.00 bits per heavy atom. The first-order chi connectivity index (χ1) is 7.61. The van der Waals surface area contributed by atoms with Gasteiger partial charge in [0, 0.05) is 5.69 Å². The van der Waals surface area contributed by atoms with Crippen LogP contribution in [0.5, 0.6) is 0 Å². The van der Waals surface area contributed by atoms with Crippen molar-refractivity contribution in [1.82, 2.24) is 4.98 Å². The molecule has 1 heterocycles. The Kier molecular flexibility index (Phi) is 2.81. The molecular weight excluding hydrogens is 204 g/mol. The quantitative estimate of drug-likeness (QED) is 0.709. The van der Waals surface area contributed by atoms with Crippen LogP contribution in [0.3, 0.4) is 0 Å². The molecular formula is C12H16N2O2. The van der Waals surface area contributed by atoms with Crippen molar-refractivity contribution in [3.8, 4) is 0 Å². The van der Waals surface area contributed by atoms with Gasteiger partial charge in [0.15, 0.2) is 0 Å². The van der Waals surface area contributed by atoms with Crippen molar-refractivity contribution < 1.29 is 9.90 Å². The second-order valence-corrected chi connectivity index (χ2v) is 4.28. The highest BCUT2D eigenvalue weighted by Gasteiger charge is 2.22. The number of carboxylic acid groups (broad SMARTS) is 1. The molecule has 4 nitrogen and oxygen atoms in total. The van der Waals surface area contributed by atoms with Crippen LogP contribution in [0.2, 0.25) is 0 Å². The van der Waals surface area contributed by atoms with Gasteiger partial charge >= 0.3 is 5.97 Å². The monoisotopic (exact) mass is 220 g/mol. The van der Waals surface area contributed by atoms with Crippen LogP contribution in [-0.2, 0) is 12.8 Å². The van der Waals surface area contributed by atoms with Crippen molar-refractivity contribution in [1.29, 1.82) is 0 Å². The van der Waals surface area contributed by atoms with Gasteiger partial charge < -0.3 is 10.8 Å².